The molecule has 78 valence electrons. The average molecular weight is 186 g/mol. The third kappa shape index (κ3) is 4.27. The summed E-state index contributed by atoms with van der Waals surface area (Å²) in [4.78, 5) is 2.08. The van der Waals surface area contributed by atoms with Crippen LogP contribution in [-0.4, -0.2) is 37.0 Å². The van der Waals surface area contributed by atoms with E-state index in [4.69, 9.17) is 10.1 Å². The fraction of sp³-hybridized carbons (Fsp3) is 0.900. The molecule has 0 rings (SSSR count). The van der Waals surface area contributed by atoms with E-state index in [2.05, 4.69) is 18.7 Å². The molecule has 0 bridgehead atoms. The lowest BCUT2D eigenvalue weighted by atomic mass is 10.1. The number of hydrogen-bond acceptors (Lipinski definition) is 2. The van der Waals surface area contributed by atoms with E-state index in [1.807, 2.05) is 13.8 Å². The van der Waals surface area contributed by atoms with Crippen LogP contribution in [0.4, 0.5) is 0 Å². The standard InChI is InChI=1S/C10H22N2O/c1-8(2)10(11)12(9(3)4)6-7-13-5/h8-9,11H,6-7H2,1-5H3. The molecule has 0 aliphatic rings. The molecule has 0 saturated carbocycles. The van der Waals surface area contributed by atoms with Crippen LogP contribution in [-0.2, 0) is 4.74 Å². The van der Waals surface area contributed by atoms with Gasteiger partial charge in [0.2, 0.25) is 0 Å². The molecule has 0 heterocycles. The summed E-state index contributed by atoms with van der Waals surface area (Å²) in [7, 11) is 1.69. The Balaban J connectivity index is 4.16. The Morgan fingerprint density at radius 1 is 1.31 bits per heavy atom. The highest BCUT2D eigenvalue weighted by atomic mass is 16.5. The van der Waals surface area contributed by atoms with Gasteiger partial charge in [0.1, 0.15) is 0 Å². The molecule has 0 aromatic rings. The average Bonchev–Trinajstić information content (AvgIpc) is 2.04. The highest BCUT2D eigenvalue weighted by molar-refractivity contribution is 5.81. The van der Waals surface area contributed by atoms with Crippen LogP contribution < -0.4 is 0 Å². The predicted octanol–water partition coefficient (Wildman–Crippen LogP) is 1.98. The summed E-state index contributed by atoms with van der Waals surface area (Å²) in [6.07, 6.45) is 0. The quantitative estimate of drug-likeness (QED) is 0.526. The summed E-state index contributed by atoms with van der Waals surface area (Å²) in [5.41, 5.74) is 0. The summed E-state index contributed by atoms with van der Waals surface area (Å²) in [5, 5.41) is 7.88. The number of hydrogen-bond donors (Lipinski definition) is 1. The Morgan fingerprint density at radius 2 is 1.85 bits per heavy atom. The number of nitrogens with one attached hydrogen (secondary N) is 1. The van der Waals surface area contributed by atoms with Gasteiger partial charge in [-0.3, -0.25) is 5.41 Å². The van der Waals surface area contributed by atoms with Crippen molar-refractivity contribution >= 4 is 5.84 Å². The van der Waals surface area contributed by atoms with E-state index in [0.29, 0.717) is 24.4 Å². The van der Waals surface area contributed by atoms with Crippen molar-refractivity contribution in [2.75, 3.05) is 20.3 Å². The van der Waals surface area contributed by atoms with Crippen LogP contribution >= 0.6 is 0 Å². The maximum atomic E-state index is 7.88. The van der Waals surface area contributed by atoms with Crippen molar-refractivity contribution in [1.82, 2.24) is 4.90 Å². The van der Waals surface area contributed by atoms with Gasteiger partial charge in [0, 0.05) is 25.6 Å². The van der Waals surface area contributed by atoms with Gasteiger partial charge in [-0.2, -0.15) is 0 Å². The molecule has 13 heavy (non-hydrogen) atoms. The van der Waals surface area contributed by atoms with Crippen molar-refractivity contribution in [2.45, 2.75) is 33.7 Å². The summed E-state index contributed by atoms with van der Waals surface area (Å²) in [6.45, 7) is 9.80. The molecule has 0 unspecified atom stereocenters. The third-order valence-electron chi connectivity index (χ3n) is 2.02. The molecule has 1 N–H and O–H groups in total. The second-order valence-electron chi connectivity index (χ2n) is 3.82. The SMILES string of the molecule is COCCN(C(=N)C(C)C)C(C)C. The number of methoxy groups -OCH3 is 1. The molecule has 0 fully saturated rings. The predicted molar refractivity (Wildman–Crippen MR) is 56.3 cm³/mol. The minimum Gasteiger partial charge on any atom is -0.383 e. The first-order chi connectivity index (χ1) is 6.00. The molecular formula is C10H22N2O. The minimum atomic E-state index is 0.291. The first-order valence-electron chi connectivity index (χ1n) is 4.84. The highest BCUT2D eigenvalue weighted by Gasteiger charge is 2.15. The normalized spacial score (nSPS) is 11.0. The van der Waals surface area contributed by atoms with Gasteiger partial charge in [-0.1, -0.05) is 13.8 Å². The molecule has 0 aliphatic heterocycles. The Hall–Kier alpha value is -0.570. The van der Waals surface area contributed by atoms with Gasteiger partial charge in [-0.15, -0.1) is 0 Å². The lowest BCUT2D eigenvalue weighted by Crippen LogP contribution is -2.41. The Kier molecular flexibility index (Phi) is 5.71. The lowest BCUT2D eigenvalue weighted by Gasteiger charge is -2.30. The van der Waals surface area contributed by atoms with Crippen LogP contribution in [0.2, 0.25) is 0 Å². The first kappa shape index (κ1) is 12.4. The van der Waals surface area contributed by atoms with E-state index in [9.17, 15) is 0 Å². The van der Waals surface area contributed by atoms with Crippen molar-refractivity contribution in [1.29, 1.82) is 5.41 Å². The van der Waals surface area contributed by atoms with Gasteiger partial charge in [0.15, 0.2) is 0 Å². The largest absolute Gasteiger partial charge is 0.383 e. The van der Waals surface area contributed by atoms with Crippen molar-refractivity contribution < 1.29 is 4.74 Å². The summed E-state index contributed by atoms with van der Waals surface area (Å²) in [5.74, 6) is 0.992. The van der Waals surface area contributed by atoms with Gasteiger partial charge in [-0.05, 0) is 13.8 Å². The van der Waals surface area contributed by atoms with Crippen molar-refractivity contribution in [3.8, 4) is 0 Å². The fourth-order valence-corrected chi connectivity index (χ4v) is 1.18. The minimum absolute atomic E-state index is 0.291. The molecule has 0 aromatic carbocycles. The maximum Gasteiger partial charge on any atom is 0.0986 e. The second-order valence-corrected chi connectivity index (χ2v) is 3.82. The molecule has 0 aromatic heterocycles. The second kappa shape index (κ2) is 5.97. The zero-order valence-corrected chi connectivity index (χ0v) is 9.42. The van der Waals surface area contributed by atoms with Crippen molar-refractivity contribution in [3.05, 3.63) is 0 Å². The van der Waals surface area contributed by atoms with Gasteiger partial charge >= 0.3 is 0 Å². The van der Waals surface area contributed by atoms with E-state index in [0.717, 1.165) is 6.54 Å². The maximum absolute atomic E-state index is 7.88. The van der Waals surface area contributed by atoms with Gasteiger partial charge in [0.25, 0.3) is 0 Å². The topological polar surface area (TPSA) is 36.3 Å². The van der Waals surface area contributed by atoms with E-state index in [1.54, 1.807) is 7.11 Å². The number of amidine groups is 1. The molecule has 0 aliphatic carbocycles. The zero-order chi connectivity index (χ0) is 10.4. The fourth-order valence-electron chi connectivity index (χ4n) is 1.18. The van der Waals surface area contributed by atoms with Crippen LogP contribution in [0.5, 0.6) is 0 Å². The van der Waals surface area contributed by atoms with Crippen LogP contribution in [0.1, 0.15) is 27.7 Å². The molecular weight excluding hydrogens is 164 g/mol. The van der Waals surface area contributed by atoms with E-state index in [1.165, 1.54) is 0 Å². The Bertz CT molecular complexity index is 155. The summed E-state index contributed by atoms with van der Waals surface area (Å²) < 4.78 is 5.01. The number of rotatable bonds is 5. The van der Waals surface area contributed by atoms with Gasteiger partial charge < -0.3 is 9.64 Å². The van der Waals surface area contributed by atoms with Crippen LogP contribution in [0.15, 0.2) is 0 Å². The molecule has 0 amide bonds. The third-order valence-corrected chi connectivity index (χ3v) is 2.02. The first-order valence-corrected chi connectivity index (χ1v) is 4.84. The Labute approximate surface area is 81.6 Å². The smallest absolute Gasteiger partial charge is 0.0986 e. The summed E-state index contributed by atoms with van der Waals surface area (Å²) >= 11 is 0. The molecule has 0 radical (unpaired) electrons. The highest BCUT2D eigenvalue weighted by Crippen LogP contribution is 2.06. The molecule has 0 saturated heterocycles. The van der Waals surface area contributed by atoms with Gasteiger partial charge in [0.05, 0.1) is 12.4 Å². The molecule has 3 nitrogen and oxygen atoms in total. The van der Waals surface area contributed by atoms with Crippen molar-refractivity contribution in [2.24, 2.45) is 5.92 Å². The lowest BCUT2D eigenvalue weighted by molar-refractivity contribution is 0.164. The van der Waals surface area contributed by atoms with Gasteiger partial charge in [-0.25, -0.2) is 0 Å². The van der Waals surface area contributed by atoms with E-state index >= 15 is 0 Å². The zero-order valence-electron chi connectivity index (χ0n) is 9.42. The molecule has 3 heteroatoms. The molecule has 0 spiro atoms. The van der Waals surface area contributed by atoms with E-state index in [-0.39, 0.29) is 0 Å². The summed E-state index contributed by atoms with van der Waals surface area (Å²) in [6, 6.07) is 0.380. The number of ether oxygens (including phenoxy) is 1. The van der Waals surface area contributed by atoms with Crippen molar-refractivity contribution in [3.63, 3.8) is 0 Å². The monoisotopic (exact) mass is 186 g/mol. The van der Waals surface area contributed by atoms with Crippen LogP contribution in [0.3, 0.4) is 0 Å². The van der Waals surface area contributed by atoms with E-state index < -0.39 is 0 Å². The van der Waals surface area contributed by atoms with Crippen LogP contribution in [0.25, 0.3) is 0 Å². The number of nitrogens with zero attached hydrogens (tertiary/aromatic N) is 1. The van der Waals surface area contributed by atoms with Crippen LogP contribution in [0, 0.1) is 11.3 Å². The Morgan fingerprint density at radius 3 is 2.15 bits per heavy atom. The molecule has 0 atom stereocenters.